The molecule has 0 spiro atoms. The Morgan fingerprint density at radius 3 is 3.12 bits per heavy atom. The van der Waals surface area contributed by atoms with E-state index in [0.717, 1.165) is 6.67 Å². The van der Waals surface area contributed by atoms with E-state index in [1.54, 1.807) is 0 Å². The van der Waals surface area contributed by atoms with Gasteiger partial charge in [0.05, 0.1) is 0 Å². The maximum absolute atomic E-state index is 3.67. The molecule has 1 unspecified atom stereocenters. The third-order valence-electron chi connectivity index (χ3n) is 3.78. The number of aryl methyl sites for hydroxylation is 1. The molecule has 17 heavy (non-hydrogen) atoms. The van der Waals surface area contributed by atoms with E-state index >= 15 is 0 Å². The van der Waals surface area contributed by atoms with Gasteiger partial charge in [-0.2, -0.15) is 0 Å². The molecular formula is C14H21N3. The molecule has 1 atom stereocenters. The Kier molecular flexibility index (Phi) is 3.29. The molecule has 3 rings (SSSR count). The molecule has 0 amide bonds. The molecule has 3 nitrogen and oxygen atoms in total. The van der Waals surface area contributed by atoms with Gasteiger partial charge in [0.15, 0.2) is 0 Å². The smallest absolute Gasteiger partial charge is 0.0481 e. The predicted octanol–water partition coefficient (Wildman–Crippen LogP) is 1.67. The molecule has 2 heterocycles. The average molecular weight is 231 g/mol. The van der Waals surface area contributed by atoms with E-state index in [-0.39, 0.29) is 0 Å². The lowest BCUT2D eigenvalue weighted by Gasteiger charge is -2.34. The molecule has 0 radical (unpaired) electrons. The highest BCUT2D eigenvalue weighted by atomic mass is 15.2. The summed E-state index contributed by atoms with van der Waals surface area (Å²) in [5.41, 5.74) is 2.81. The Labute approximate surface area is 103 Å². The summed E-state index contributed by atoms with van der Waals surface area (Å²) in [6, 6.07) is 9.31. The van der Waals surface area contributed by atoms with Gasteiger partial charge < -0.3 is 10.6 Å². The van der Waals surface area contributed by atoms with Crippen molar-refractivity contribution >= 4 is 5.69 Å². The normalized spacial score (nSPS) is 25.1. The summed E-state index contributed by atoms with van der Waals surface area (Å²) in [6.07, 6.45) is 3.76. The molecule has 0 saturated carbocycles. The molecule has 2 aliphatic heterocycles. The van der Waals surface area contributed by atoms with Crippen molar-refractivity contribution in [3.05, 3.63) is 29.8 Å². The van der Waals surface area contributed by atoms with Crippen LogP contribution < -0.4 is 10.6 Å². The quantitative estimate of drug-likeness (QED) is 0.810. The monoisotopic (exact) mass is 231 g/mol. The topological polar surface area (TPSA) is 27.3 Å². The van der Waals surface area contributed by atoms with Crippen LogP contribution in [-0.4, -0.2) is 37.2 Å². The average Bonchev–Trinajstić information content (AvgIpc) is 2.40. The zero-order chi connectivity index (χ0) is 11.5. The maximum Gasteiger partial charge on any atom is 0.0481 e. The number of nitrogens with one attached hydrogen (secondary N) is 2. The molecule has 92 valence electrons. The predicted molar refractivity (Wildman–Crippen MR) is 71.2 cm³/mol. The fourth-order valence-corrected chi connectivity index (χ4v) is 2.85. The molecule has 0 aliphatic carbocycles. The van der Waals surface area contributed by atoms with Crippen molar-refractivity contribution in [1.29, 1.82) is 0 Å². The number of hydrogen-bond acceptors (Lipinski definition) is 3. The third kappa shape index (κ3) is 2.61. The van der Waals surface area contributed by atoms with Gasteiger partial charge in [0.1, 0.15) is 0 Å². The zero-order valence-corrected chi connectivity index (χ0v) is 10.3. The summed E-state index contributed by atoms with van der Waals surface area (Å²) in [6.45, 7) is 4.64. The van der Waals surface area contributed by atoms with Gasteiger partial charge in [0.25, 0.3) is 0 Å². The van der Waals surface area contributed by atoms with Crippen LogP contribution in [-0.2, 0) is 6.42 Å². The Balaban J connectivity index is 1.60. The number of benzene rings is 1. The van der Waals surface area contributed by atoms with E-state index in [2.05, 4.69) is 39.8 Å². The largest absolute Gasteiger partial charge is 0.381 e. The van der Waals surface area contributed by atoms with E-state index < -0.39 is 0 Å². The van der Waals surface area contributed by atoms with Gasteiger partial charge in [0, 0.05) is 31.5 Å². The van der Waals surface area contributed by atoms with Crippen molar-refractivity contribution in [3.8, 4) is 0 Å². The van der Waals surface area contributed by atoms with Gasteiger partial charge in [-0.1, -0.05) is 18.2 Å². The number of anilines is 1. The summed E-state index contributed by atoms with van der Waals surface area (Å²) in [5, 5.41) is 7.12. The van der Waals surface area contributed by atoms with E-state index in [0.29, 0.717) is 6.04 Å². The first kappa shape index (κ1) is 11.1. The van der Waals surface area contributed by atoms with Crippen LogP contribution in [0.4, 0.5) is 5.69 Å². The first-order chi connectivity index (χ1) is 8.42. The molecular weight excluding hydrogens is 210 g/mol. The Bertz CT molecular complexity index is 371. The van der Waals surface area contributed by atoms with E-state index in [1.807, 2.05) is 0 Å². The van der Waals surface area contributed by atoms with Crippen molar-refractivity contribution < 1.29 is 0 Å². The Hall–Kier alpha value is -1.06. The van der Waals surface area contributed by atoms with Crippen LogP contribution in [0.15, 0.2) is 24.3 Å². The molecule has 1 fully saturated rings. The van der Waals surface area contributed by atoms with Gasteiger partial charge in [0.2, 0.25) is 0 Å². The molecule has 0 bridgehead atoms. The lowest BCUT2D eigenvalue weighted by atomic mass is 9.98. The van der Waals surface area contributed by atoms with Crippen LogP contribution in [0.25, 0.3) is 0 Å². The van der Waals surface area contributed by atoms with Crippen molar-refractivity contribution in [2.24, 2.45) is 0 Å². The molecule has 1 aromatic rings. The Morgan fingerprint density at radius 1 is 1.29 bits per heavy atom. The first-order valence-electron chi connectivity index (χ1n) is 6.69. The van der Waals surface area contributed by atoms with Crippen LogP contribution in [0.2, 0.25) is 0 Å². The number of nitrogens with zero attached hydrogens (tertiary/aromatic N) is 1. The summed E-state index contributed by atoms with van der Waals surface area (Å²) >= 11 is 0. The number of rotatable bonds is 2. The highest BCUT2D eigenvalue weighted by Gasteiger charge is 2.20. The van der Waals surface area contributed by atoms with Gasteiger partial charge in [-0.05, 0) is 37.4 Å². The van der Waals surface area contributed by atoms with Gasteiger partial charge in [-0.25, -0.2) is 0 Å². The minimum atomic E-state index is 0.616. The second-order valence-corrected chi connectivity index (χ2v) is 5.13. The molecule has 2 aliphatic rings. The Morgan fingerprint density at radius 2 is 2.24 bits per heavy atom. The second-order valence-electron chi connectivity index (χ2n) is 5.13. The summed E-state index contributed by atoms with van der Waals surface area (Å²) in [5.74, 6) is 0. The second kappa shape index (κ2) is 5.07. The summed E-state index contributed by atoms with van der Waals surface area (Å²) in [4.78, 5) is 2.52. The summed E-state index contributed by atoms with van der Waals surface area (Å²) in [7, 11) is 0. The first-order valence-corrected chi connectivity index (χ1v) is 6.69. The fraction of sp³-hybridized carbons (Fsp3) is 0.571. The summed E-state index contributed by atoms with van der Waals surface area (Å²) < 4.78 is 0. The lowest BCUT2D eigenvalue weighted by molar-refractivity contribution is 0.204. The SMILES string of the molecule is c1ccc2c(c1)CCC(CN1CCCNC1)N2. The molecule has 0 aromatic heterocycles. The molecule has 1 aromatic carbocycles. The van der Waals surface area contributed by atoms with Crippen molar-refractivity contribution in [3.63, 3.8) is 0 Å². The number of para-hydroxylation sites is 1. The number of hydrogen-bond donors (Lipinski definition) is 2. The van der Waals surface area contributed by atoms with Crippen LogP contribution in [0, 0.1) is 0 Å². The molecule has 1 saturated heterocycles. The standard InChI is InChI=1S/C14H21N3/c1-2-5-14-12(4-1)6-7-13(16-14)10-17-9-3-8-15-11-17/h1-2,4-5,13,15-16H,3,6-11H2. The van der Waals surface area contributed by atoms with Gasteiger partial charge in [-0.15, -0.1) is 0 Å². The highest BCUT2D eigenvalue weighted by Crippen LogP contribution is 2.24. The van der Waals surface area contributed by atoms with Gasteiger partial charge >= 0.3 is 0 Å². The van der Waals surface area contributed by atoms with E-state index in [9.17, 15) is 0 Å². The van der Waals surface area contributed by atoms with Crippen molar-refractivity contribution in [2.45, 2.75) is 25.3 Å². The third-order valence-corrected chi connectivity index (χ3v) is 3.78. The van der Waals surface area contributed by atoms with Crippen molar-refractivity contribution in [1.82, 2.24) is 10.2 Å². The zero-order valence-electron chi connectivity index (χ0n) is 10.3. The minimum Gasteiger partial charge on any atom is -0.381 e. The van der Waals surface area contributed by atoms with Crippen LogP contribution in [0.5, 0.6) is 0 Å². The molecule has 2 N–H and O–H groups in total. The van der Waals surface area contributed by atoms with Crippen LogP contribution in [0.1, 0.15) is 18.4 Å². The minimum absolute atomic E-state index is 0.616. The van der Waals surface area contributed by atoms with Crippen LogP contribution >= 0.6 is 0 Å². The highest BCUT2D eigenvalue weighted by molar-refractivity contribution is 5.53. The lowest BCUT2D eigenvalue weighted by Crippen LogP contribution is -2.47. The van der Waals surface area contributed by atoms with E-state index in [1.165, 1.54) is 50.1 Å². The van der Waals surface area contributed by atoms with Gasteiger partial charge in [-0.3, -0.25) is 4.90 Å². The number of fused-ring (bicyclic) bond motifs is 1. The maximum atomic E-state index is 3.67. The van der Waals surface area contributed by atoms with Crippen molar-refractivity contribution in [2.75, 3.05) is 31.6 Å². The van der Waals surface area contributed by atoms with Crippen LogP contribution in [0.3, 0.4) is 0 Å². The van der Waals surface area contributed by atoms with E-state index in [4.69, 9.17) is 0 Å². The molecule has 3 heteroatoms. The fourth-order valence-electron chi connectivity index (χ4n) is 2.85.